The summed E-state index contributed by atoms with van der Waals surface area (Å²) in [4.78, 5) is 170. The summed E-state index contributed by atoms with van der Waals surface area (Å²) in [5.74, 6) is -10.2. The number of carbonyl (C=O) groups excluding carboxylic acids is 11. The highest BCUT2D eigenvalue weighted by Gasteiger charge is 2.46. The largest absolute Gasteiger partial charge is 0.390 e. The number of likely N-dealkylation sites (N-methyl/N-ethyl adjacent to an activating group) is 6. The van der Waals surface area contributed by atoms with Crippen LogP contribution in [0.4, 0.5) is 0 Å². The van der Waals surface area contributed by atoms with Crippen LogP contribution in [0, 0.1) is 41.4 Å². The lowest BCUT2D eigenvalue weighted by molar-refractivity contribution is -0.160. The van der Waals surface area contributed by atoms with E-state index in [0.29, 0.717) is 6.42 Å². The Hall–Kier alpha value is -6.17. The Bertz CT molecular complexity index is 2380. The monoisotopic (exact) mass is 1220 g/mol. The molecule has 0 radical (unpaired) electrons. The van der Waals surface area contributed by atoms with Crippen LogP contribution < -0.4 is 21.3 Å². The molecule has 0 spiro atoms. The van der Waals surface area contributed by atoms with E-state index in [1.165, 1.54) is 78.6 Å². The first-order valence-corrected chi connectivity index (χ1v) is 30.9. The Labute approximate surface area is 513 Å². The van der Waals surface area contributed by atoms with Crippen LogP contribution >= 0.6 is 0 Å². The fourth-order valence-electron chi connectivity index (χ4n) is 11.2. The fourth-order valence-corrected chi connectivity index (χ4v) is 11.2. The number of amides is 11. The number of hydrogen-bond acceptors (Lipinski definition) is 13. The molecule has 2 heterocycles. The molecule has 2 saturated heterocycles. The second kappa shape index (κ2) is 34.4. The van der Waals surface area contributed by atoms with Crippen LogP contribution in [-0.4, -0.2) is 239 Å². The van der Waals surface area contributed by atoms with E-state index in [1.54, 1.807) is 74.5 Å². The van der Waals surface area contributed by atoms with Crippen LogP contribution in [0.2, 0.25) is 0 Å². The van der Waals surface area contributed by atoms with Gasteiger partial charge in [-0.25, -0.2) is 0 Å². The molecule has 0 aromatic rings. The number of carbonyl (C=O) groups is 11. The van der Waals surface area contributed by atoms with Gasteiger partial charge in [0.05, 0.1) is 25.9 Å². The summed E-state index contributed by atoms with van der Waals surface area (Å²) in [6, 6.07) is -12.5. The van der Waals surface area contributed by atoms with Crippen LogP contribution in [0.5, 0.6) is 0 Å². The number of ether oxygens (including phenoxy) is 1. The number of aliphatic hydroxyl groups excluding tert-OH is 1. The van der Waals surface area contributed by atoms with Crippen molar-refractivity contribution in [1.29, 1.82) is 0 Å². The number of morpholine rings is 1. The van der Waals surface area contributed by atoms with Gasteiger partial charge in [-0.15, -0.1) is 0 Å². The molecule has 2 fully saturated rings. The first-order valence-electron chi connectivity index (χ1n) is 30.9. The van der Waals surface area contributed by atoms with Crippen molar-refractivity contribution >= 4 is 65.0 Å². The van der Waals surface area contributed by atoms with Crippen molar-refractivity contribution in [2.45, 2.75) is 209 Å². The summed E-state index contributed by atoms with van der Waals surface area (Å²) in [5.41, 5.74) is 0. The highest BCUT2D eigenvalue weighted by atomic mass is 16.5. The van der Waals surface area contributed by atoms with E-state index < -0.39 is 162 Å². The SMILES string of the molecule is C/C=C/CC(C)C(O)[C@@H]1NC(=O)[C@H](C(C)C)N(C)C(=O)[C@H](CC(C)C)N(C)C(=O)[C@H](CC(C)C)N(C)C(=O)C2COCCN2C(=O)[C@H](C)NC(=O)[C@H](C(C)C)N(C)C(=O)[C@H](C(C)C)NC(=O)[C@H](CC(C)C)N(C)C(=O)CN(C)C(=O)[C@H](CC)NC1=O. The molecular formula is C62H109N11O13. The van der Waals surface area contributed by atoms with E-state index >= 15 is 9.59 Å². The van der Waals surface area contributed by atoms with E-state index in [4.69, 9.17) is 4.74 Å². The third-order valence-corrected chi connectivity index (χ3v) is 16.5. The average molecular weight is 1220 g/mol. The van der Waals surface area contributed by atoms with Crippen molar-refractivity contribution in [3.8, 4) is 0 Å². The second-order valence-corrected chi connectivity index (χ2v) is 26.1. The molecule has 3 unspecified atom stereocenters. The summed E-state index contributed by atoms with van der Waals surface area (Å²) in [6.45, 7) is 27.4. The molecule has 5 N–H and O–H groups in total. The Kier molecular flexibility index (Phi) is 30.4. The van der Waals surface area contributed by atoms with Crippen LogP contribution in [0.15, 0.2) is 12.2 Å². The Balaban J connectivity index is 2.98. The van der Waals surface area contributed by atoms with Gasteiger partial charge in [-0.1, -0.05) is 109 Å². The van der Waals surface area contributed by atoms with Crippen LogP contribution in [-0.2, 0) is 57.5 Å². The van der Waals surface area contributed by atoms with Crippen LogP contribution in [0.3, 0.4) is 0 Å². The number of allylic oxidation sites excluding steroid dienone is 2. The molecule has 0 aliphatic carbocycles. The molecule has 24 heteroatoms. The van der Waals surface area contributed by atoms with Crippen molar-refractivity contribution in [1.82, 2.24) is 55.6 Å². The average Bonchev–Trinajstić information content (AvgIpc) is 1.74. The molecule has 0 saturated carbocycles. The highest BCUT2D eigenvalue weighted by molar-refractivity contribution is 5.99. The molecule has 490 valence electrons. The lowest BCUT2D eigenvalue weighted by atomic mass is 9.92. The maximum atomic E-state index is 15.1. The van der Waals surface area contributed by atoms with Gasteiger partial charge in [0.15, 0.2) is 0 Å². The van der Waals surface area contributed by atoms with Gasteiger partial charge in [0.1, 0.15) is 60.4 Å². The van der Waals surface area contributed by atoms with E-state index in [9.17, 15) is 48.3 Å². The minimum absolute atomic E-state index is 0.0164. The summed E-state index contributed by atoms with van der Waals surface area (Å²) in [7, 11) is 8.55. The zero-order valence-corrected chi connectivity index (χ0v) is 55.9. The lowest BCUT2D eigenvalue weighted by Crippen LogP contribution is -2.64. The zero-order chi connectivity index (χ0) is 66.1. The minimum Gasteiger partial charge on any atom is -0.390 e. The third-order valence-electron chi connectivity index (χ3n) is 16.5. The first kappa shape index (κ1) is 75.9. The van der Waals surface area contributed by atoms with Gasteiger partial charge >= 0.3 is 0 Å². The van der Waals surface area contributed by atoms with Gasteiger partial charge in [0, 0.05) is 48.8 Å². The van der Waals surface area contributed by atoms with E-state index in [0.717, 1.165) is 4.90 Å². The molecule has 0 aromatic carbocycles. The smallest absolute Gasteiger partial charge is 0.248 e. The van der Waals surface area contributed by atoms with E-state index in [-0.39, 0.29) is 63.2 Å². The maximum Gasteiger partial charge on any atom is 0.248 e. The molecule has 2 aliphatic heterocycles. The van der Waals surface area contributed by atoms with Gasteiger partial charge < -0.3 is 65.4 Å². The molecule has 12 atom stereocenters. The van der Waals surface area contributed by atoms with Crippen LogP contribution in [0.1, 0.15) is 143 Å². The van der Waals surface area contributed by atoms with Crippen molar-refractivity contribution in [3.05, 3.63) is 12.2 Å². The summed E-state index contributed by atoms with van der Waals surface area (Å²) < 4.78 is 5.78. The first-order chi connectivity index (χ1) is 39.9. The predicted octanol–water partition coefficient (Wildman–Crippen LogP) is 2.26. The minimum atomic E-state index is -1.67. The van der Waals surface area contributed by atoms with Gasteiger partial charge in [0.2, 0.25) is 65.0 Å². The molecule has 2 rings (SSSR count). The van der Waals surface area contributed by atoms with Crippen molar-refractivity contribution < 1.29 is 62.6 Å². The van der Waals surface area contributed by atoms with Gasteiger partial charge in [-0.05, 0) is 87.4 Å². The molecule has 0 bridgehead atoms. The maximum absolute atomic E-state index is 15.1. The van der Waals surface area contributed by atoms with Gasteiger partial charge in [-0.3, -0.25) is 52.7 Å². The number of rotatable bonds is 14. The molecule has 11 amide bonds. The Morgan fingerprint density at radius 2 is 1.00 bits per heavy atom. The van der Waals surface area contributed by atoms with Gasteiger partial charge in [0.25, 0.3) is 0 Å². The summed E-state index contributed by atoms with van der Waals surface area (Å²) >= 11 is 0. The summed E-state index contributed by atoms with van der Waals surface area (Å²) in [6.07, 6.45) is 2.79. The Morgan fingerprint density at radius 3 is 1.48 bits per heavy atom. The van der Waals surface area contributed by atoms with E-state index in [2.05, 4.69) is 21.3 Å². The quantitative estimate of drug-likeness (QED) is 0.156. The third kappa shape index (κ3) is 20.2. The number of hydrogen-bond donors (Lipinski definition) is 5. The highest BCUT2D eigenvalue weighted by Crippen LogP contribution is 2.25. The van der Waals surface area contributed by atoms with Crippen molar-refractivity contribution in [3.63, 3.8) is 0 Å². The molecule has 2 aliphatic rings. The Morgan fingerprint density at radius 1 is 0.535 bits per heavy atom. The van der Waals surface area contributed by atoms with Gasteiger partial charge in [-0.2, -0.15) is 0 Å². The van der Waals surface area contributed by atoms with Crippen molar-refractivity contribution in [2.24, 2.45) is 41.4 Å². The van der Waals surface area contributed by atoms with Crippen LogP contribution in [0.25, 0.3) is 0 Å². The normalized spacial score (nSPS) is 27.5. The number of aliphatic hydroxyl groups is 1. The fraction of sp³-hybridized carbons (Fsp3) is 0.790. The standard InChI is InChI=1S/C62H109N11O13/c1-23-25-26-40(15)52(75)49-54(77)64-42(24-2)58(81)67(17)32-47(74)68(18)43(29-34(3)4)53(76)65-48(37(9)10)62(85)72(22)50(38(11)12)55(78)63-41(16)57(80)73-27-28-86-33-46(73)61(84)70(20)44(30-35(5)6)59(82)69(19)45(31-36(7)8)60(83)71(21)51(39(13)14)56(79)66-49/h23,25,34-46,48-52,75H,24,26-33H2,1-22H3,(H,63,78)(H,64,77)(H,65,76)(H,66,79)/b25-23+/t40?,41-,42-,43-,44-,45-,46?,48-,49-,50-,51-,52?/m0/s1. The number of nitrogens with one attached hydrogen (secondary N) is 4. The lowest BCUT2D eigenvalue weighted by Gasteiger charge is -2.42. The zero-order valence-electron chi connectivity index (χ0n) is 55.9. The number of fused-ring (bicyclic) bond motifs is 1. The summed E-state index contributed by atoms with van der Waals surface area (Å²) in [5, 5.41) is 23.0. The van der Waals surface area contributed by atoms with E-state index in [1.807, 2.05) is 41.5 Å². The number of nitrogens with zero attached hydrogens (tertiary/aromatic N) is 7. The molecule has 0 aromatic heterocycles. The molecular weight excluding hydrogens is 1110 g/mol. The molecule has 86 heavy (non-hydrogen) atoms. The second-order valence-electron chi connectivity index (χ2n) is 26.1. The predicted molar refractivity (Wildman–Crippen MR) is 328 cm³/mol. The topological polar surface area (TPSA) is 288 Å². The van der Waals surface area contributed by atoms with Crippen molar-refractivity contribution in [2.75, 3.05) is 68.6 Å². The molecule has 24 nitrogen and oxygen atoms in total.